The summed E-state index contributed by atoms with van der Waals surface area (Å²) in [5.41, 5.74) is 0. The average Bonchev–Trinajstić information content (AvgIpc) is 2.35. The van der Waals surface area contributed by atoms with Crippen LogP contribution in [0.1, 0.15) is 20.3 Å². The lowest BCUT2D eigenvalue weighted by molar-refractivity contribution is -0.159. The van der Waals surface area contributed by atoms with E-state index >= 15 is 0 Å². The number of ether oxygens (including phenoxy) is 2. The molecule has 2 aliphatic rings. The molecular weight excluding hydrogens is 184 g/mol. The summed E-state index contributed by atoms with van der Waals surface area (Å²) in [6.07, 6.45) is 1.71. The van der Waals surface area contributed by atoms with Gasteiger partial charge in [0.2, 0.25) is 0 Å². The molecule has 0 spiro atoms. The van der Waals surface area contributed by atoms with Crippen molar-refractivity contribution in [3.8, 4) is 0 Å². The minimum atomic E-state index is -0.720. The lowest BCUT2D eigenvalue weighted by Crippen LogP contribution is -2.39. The first-order valence-corrected chi connectivity index (χ1v) is 4.88. The molecule has 1 aliphatic heterocycles. The highest BCUT2D eigenvalue weighted by Crippen LogP contribution is 2.34. The van der Waals surface area contributed by atoms with Gasteiger partial charge < -0.3 is 19.7 Å². The fourth-order valence-electron chi connectivity index (χ4n) is 1.98. The molecule has 4 heteroatoms. The molecule has 80 valence electrons. The predicted molar refractivity (Wildman–Crippen MR) is 49.6 cm³/mol. The van der Waals surface area contributed by atoms with E-state index in [1.165, 1.54) is 0 Å². The zero-order valence-electron chi connectivity index (χ0n) is 8.38. The van der Waals surface area contributed by atoms with Crippen LogP contribution < -0.4 is 0 Å². The third-order valence-corrected chi connectivity index (χ3v) is 2.59. The van der Waals surface area contributed by atoms with Crippen LogP contribution in [0.3, 0.4) is 0 Å². The molecule has 0 aromatic carbocycles. The van der Waals surface area contributed by atoms with Crippen LogP contribution in [0.25, 0.3) is 0 Å². The number of aliphatic hydroxyl groups is 2. The summed E-state index contributed by atoms with van der Waals surface area (Å²) in [6.45, 7) is 3.56. The largest absolute Gasteiger partial charge is 0.390 e. The van der Waals surface area contributed by atoms with Gasteiger partial charge >= 0.3 is 0 Å². The summed E-state index contributed by atoms with van der Waals surface area (Å²) in [4.78, 5) is 0. The van der Waals surface area contributed by atoms with Crippen molar-refractivity contribution in [3.05, 3.63) is 12.2 Å². The molecule has 2 rings (SSSR count). The fourth-order valence-corrected chi connectivity index (χ4v) is 1.98. The Morgan fingerprint density at radius 2 is 1.86 bits per heavy atom. The molecule has 2 N–H and O–H groups in total. The molecule has 1 heterocycles. The molecule has 0 saturated carbocycles. The van der Waals surface area contributed by atoms with Gasteiger partial charge in [0, 0.05) is 0 Å². The molecule has 1 saturated heterocycles. The molecule has 1 aliphatic carbocycles. The van der Waals surface area contributed by atoms with Crippen LogP contribution in [0, 0.1) is 0 Å². The van der Waals surface area contributed by atoms with E-state index in [4.69, 9.17) is 9.47 Å². The lowest BCUT2D eigenvalue weighted by Gasteiger charge is -2.20. The summed E-state index contributed by atoms with van der Waals surface area (Å²) in [5, 5.41) is 19.4. The van der Waals surface area contributed by atoms with Crippen molar-refractivity contribution >= 4 is 0 Å². The molecule has 4 atom stereocenters. The van der Waals surface area contributed by atoms with Crippen LogP contribution in [-0.2, 0) is 9.47 Å². The highest BCUT2D eigenvalue weighted by Gasteiger charge is 2.47. The molecular formula is C10H16O4. The Hall–Kier alpha value is -0.420. The van der Waals surface area contributed by atoms with Gasteiger partial charge in [-0.25, -0.2) is 0 Å². The van der Waals surface area contributed by atoms with Gasteiger partial charge in [-0.05, 0) is 20.3 Å². The van der Waals surface area contributed by atoms with Crippen LogP contribution in [0.15, 0.2) is 12.2 Å². The third-order valence-electron chi connectivity index (χ3n) is 2.59. The molecule has 0 bridgehead atoms. The van der Waals surface area contributed by atoms with Crippen molar-refractivity contribution in [3.63, 3.8) is 0 Å². The number of hydrogen-bond acceptors (Lipinski definition) is 4. The highest BCUT2D eigenvalue weighted by molar-refractivity contribution is 5.05. The second kappa shape index (κ2) is 3.31. The first kappa shape index (κ1) is 10.1. The maximum absolute atomic E-state index is 9.74. The zero-order valence-corrected chi connectivity index (χ0v) is 8.38. The molecule has 0 aromatic heterocycles. The predicted octanol–water partition coefficient (Wildman–Crippen LogP) is 0.188. The normalized spacial score (nSPS) is 46.0. The first-order chi connectivity index (χ1) is 6.49. The molecule has 1 fully saturated rings. The summed E-state index contributed by atoms with van der Waals surface area (Å²) in [7, 11) is 0. The molecule has 0 unspecified atom stereocenters. The second-order valence-electron chi connectivity index (χ2n) is 4.29. The van der Waals surface area contributed by atoms with E-state index in [-0.39, 0.29) is 0 Å². The maximum atomic E-state index is 9.74. The molecule has 0 radical (unpaired) electrons. The Morgan fingerprint density at radius 3 is 2.57 bits per heavy atom. The van der Waals surface area contributed by atoms with Crippen LogP contribution in [0.4, 0.5) is 0 Å². The van der Waals surface area contributed by atoms with Crippen LogP contribution in [0.5, 0.6) is 0 Å². The van der Waals surface area contributed by atoms with Gasteiger partial charge in [-0.15, -0.1) is 0 Å². The zero-order chi connectivity index (χ0) is 10.3. The van der Waals surface area contributed by atoms with E-state index in [1.807, 2.05) is 0 Å². The van der Waals surface area contributed by atoms with Crippen molar-refractivity contribution in [2.75, 3.05) is 0 Å². The second-order valence-corrected chi connectivity index (χ2v) is 4.29. The monoisotopic (exact) mass is 200 g/mol. The van der Waals surface area contributed by atoms with Crippen molar-refractivity contribution in [1.82, 2.24) is 0 Å². The Morgan fingerprint density at radius 1 is 1.21 bits per heavy atom. The van der Waals surface area contributed by atoms with E-state index < -0.39 is 30.2 Å². The Labute approximate surface area is 83.1 Å². The van der Waals surface area contributed by atoms with E-state index in [9.17, 15) is 10.2 Å². The van der Waals surface area contributed by atoms with Crippen LogP contribution in [0.2, 0.25) is 0 Å². The van der Waals surface area contributed by atoms with Gasteiger partial charge in [0.1, 0.15) is 18.3 Å². The average molecular weight is 200 g/mol. The summed E-state index contributed by atoms with van der Waals surface area (Å²) in [6, 6.07) is 0. The molecule has 0 amide bonds. The van der Waals surface area contributed by atoms with Crippen molar-refractivity contribution in [1.29, 1.82) is 0 Å². The van der Waals surface area contributed by atoms with Gasteiger partial charge in [0.15, 0.2) is 5.79 Å². The standard InChI is InChI=1S/C10H16O4/c1-10(2)13-8-6(11)4-3-5-7(12)9(8)14-10/h3-4,6-9,11-12H,5H2,1-2H3/t6-,7-,8+,9-/m1/s1. The molecule has 0 aromatic rings. The SMILES string of the molecule is CC1(C)O[C@@H]2[C@H](O1)[C@H](O)CC=C[C@H]2O. The van der Waals surface area contributed by atoms with Gasteiger partial charge in [-0.3, -0.25) is 0 Å². The van der Waals surface area contributed by atoms with E-state index in [1.54, 1.807) is 26.0 Å². The van der Waals surface area contributed by atoms with Crippen LogP contribution >= 0.6 is 0 Å². The Bertz CT molecular complexity index is 249. The van der Waals surface area contributed by atoms with E-state index in [2.05, 4.69) is 0 Å². The smallest absolute Gasteiger partial charge is 0.164 e. The Kier molecular flexibility index (Phi) is 2.39. The van der Waals surface area contributed by atoms with Crippen molar-refractivity contribution in [2.45, 2.75) is 50.5 Å². The first-order valence-electron chi connectivity index (χ1n) is 4.88. The molecule has 4 nitrogen and oxygen atoms in total. The van der Waals surface area contributed by atoms with Gasteiger partial charge in [-0.1, -0.05) is 12.2 Å². The number of aliphatic hydroxyl groups excluding tert-OH is 2. The van der Waals surface area contributed by atoms with Crippen molar-refractivity contribution in [2.24, 2.45) is 0 Å². The van der Waals surface area contributed by atoms with Gasteiger partial charge in [0.25, 0.3) is 0 Å². The van der Waals surface area contributed by atoms with Gasteiger partial charge in [-0.2, -0.15) is 0 Å². The van der Waals surface area contributed by atoms with E-state index in [0.29, 0.717) is 6.42 Å². The third kappa shape index (κ3) is 1.70. The van der Waals surface area contributed by atoms with Crippen molar-refractivity contribution < 1.29 is 19.7 Å². The number of hydrogen-bond donors (Lipinski definition) is 2. The minimum absolute atomic E-state index is 0.435. The molecule has 14 heavy (non-hydrogen) atoms. The number of rotatable bonds is 0. The van der Waals surface area contributed by atoms with Crippen LogP contribution in [-0.4, -0.2) is 40.4 Å². The Balaban J connectivity index is 2.21. The number of fused-ring (bicyclic) bond motifs is 1. The summed E-state index contributed by atoms with van der Waals surface area (Å²) in [5.74, 6) is -0.720. The topological polar surface area (TPSA) is 58.9 Å². The van der Waals surface area contributed by atoms with E-state index in [0.717, 1.165) is 0 Å². The maximum Gasteiger partial charge on any atom is 0.164 e. The quantitative estimate of drug-likeness (QED) is 0.548. The highest BCUT2D eigenvalue weighted by atomic mass is 16.8. The minimum Gasteiger partial charge on any atom is -0.390 e. The summed E-state index contributed by atoms with van der Waals surface area (Å²) >= 11 is 0. The van der Waals surface area contributed by atoms with Gasteiger partial charge in [0.05, 0.1) is 6.10 Å². The fraction of sp³-hybridized carbons (Fsp3) is 0.800. The summed E-state index contributed by atoms with van der Waals surface area (Å²) < 4.78 is 11.1. The lowest BCUT2D eigenvalue weighted by atomic mass is 10.1.